The minimum atomic E-state index is 0. The molecule has 0 aliphatic rings. The van der Waals surface area contributed by atoms with Crippen molar-refractivity contribution in [3.63, 3.8) is 0 Å². The molecule has 0 atom stereocenters. The Morgan fingerprint density at radius 3 is 1.15 bits per heavy atom. The normalized spacial score (nSPS) is 11.1. The van der Waals surface area contributed by atoms with Gasteiger partial charge in [-0.3, -0.25) is 9.98 Å². The number of nitrogens with zero attached hydrogens (tertiary/aromatic N) is 3. The molecule has 226 valence electrons. The summed E-state index contributed by atoms with van der Waals surface area (Å²) in [6.07, 6.45) is 8.60. The van der Waals surface area contributed by atoms with Crippen LogP contribution in [0.5, 0.6) is 0 Å². The summed E-state index contributed by atoms with van der Waals surface area (Å²) < 4.78 is 0. The van der Waals surface area contributed by atoms with Gasteiger partial charge in [0.05, 0.1) is 34.2 Å². The monoisotopic (exact) mass is 659 g/mol. The fraction of sp³-hybridized carbons (Fsp3) is 0.441. The number of aliphatic imine (C=N–C) groups is 2. The second kappa shape index (κ2) is 21.1. The second-order valence-electron chi connectivity index (χ2n) is 10.2. The van der Waals surface area contributed by atoms with Crippen molar-refractivity contribution < 1.29 is 54.0 Å². The van der Waals surface area contributed by atoms with Gasteiger partial charge >= 0.3 is 16.8 Å². The summed E-state index contributed by atoms with van der Waals surface area (Å²) in [5.74, 6) is 0. The number of aromatic nitrogens is 1. The van der Waals surface area contributed by atoms with E-state index < -0.39 is 0 Å². The van der Waals surface area contributed by atoms with Crippen LogP contribution in [0.2, 0.25) is 0 Å². The molecule has 0 saturated carbocycles. The Hall–Kier alpha value is -1.69. The Kier molecular flexibility index (Phi) is 21.3. The third kappa shape index (κ3) is 11.5. The van der Waals surface area contributed by atoms with Gasteiger partial charge in [-0.1, -0.05) is 89.8 Å². The molecule has 0 unspecified atom stereocenters. The molecule has 0 saturated heterocycles. The van der Waals surface area contributed by atoms with E-state index in [-0.39, 0.29) is 54.0 Å². The maximum Gasteiger partial charge on any atom is 3.00 e. The first-order valence-corrected chi connectivity index (χ1v) is 14.2. The van der Waals surface area contributed by atoms with E-state index in [0.717, 1.165) is 85.6 Å². The number of aryl methyl sites for hydroxylation is 5. The van der Waals surface area contributed by atoms with E-state index in [1.165, 1.54) is 27.8 Å². The van der Waals surface area contributed by atoms with Crippen molar-refractivity contribution >= 4 is 22.8 Å². The van der Waals surface area contributed by atoms with Crippen LogP contribution in [0.4, 0.5) is 11.4 Å². The minimum Gasteiger partial charge on any atom is -1.00 e. The molecular formula is C34H45Cl3CoN3. The second-order valence-corrected chi connectivity index (χ2v) is 10.2. The van der Waals surface area contributed by atoms with Crippen LogP contribution in [-0.4, -0.2) is 16.4 Å². The van der Waals surface area contributed by atoms with Crippen molar-refractivity contribution in [1.29, 1.82) is 0 Å². The molecule has 3 aromatic rings. The van der Waals surface area contributed by atoms with Crippen molar-refractivity contribution in [3.05, 3.63) is 87.7 Å². The Balaban J connectivity index is 0. The van der Waals surface area contributed by atoms with E-state index in [0.29, 0.717) is 0 Å². The predicted octanol–water partition coefficient (Wildman–Crippen LogP) is 0.491. The topological polar surface area (TPSA) is 37.6 Å². The number of benzene rings is 2. The van der Waals surface area contributed by atoms with Gasteiger partial charge in [-0.15, -0.1) is 0 Å². The standard InChI is InChI=1S/C34H45N3.3ClH.Co/c1-8-14-27-18-12-19-28(15-9-2)33(27)35-25(6)31-22-24(5)23-32(37-31)26(7)36-34-29(16-10-3)20-13-21-30(34)17-11-4;;;;/h12-13,18-23H,8-11,14-17H2,1-7H3;3*1H;/q;;;;+3/p-3. The van der Waals surface area contributed by atoms with E-state index in [4.69, 9.17) is 15.0 Å². The van der Waals surface area contributed by atoms with Gasteiger partial charge in [0.1, 0.15) is 0 Å². The molecule has 0 fully saturated rings. The number of rotatable bonds is 12. The molecule has 2 aromatic carbocycles. The van der Waals surface area contributed by atoms with Crippen LogP contribution in [-0.2, 0) is 42.5 Å². The minimum absolute atomic E-state index is 0. The third-order valence-corrected chi connectivity index (χ3v) is 6.75. The predicted molar refractivity (Wildman–Crippen MR) is 162 cm³/mol. The summed E-state index contributed by atoms with van der Waals surface area (Å²) in [6, 6.07) is 17.5. The summed E-state index contributed by atoms with van der Waals surface area (Å²) >= 11 is 0. The quantitative estimate of drug-likeness (QED) is 0.261. The van der Waals surface area contributed by atoms with Crippen molar-refractivity contribution in [1.82, 2.24) is 4.98 Å². The molecule has 0 bridgehead atoms. The Morgan fingerprint density at radius 1 is 0.585 bits per heavy atom. The maximum atomic E-state index is 5.18. The van der Waals surface area contributed by atoms with Gasteiger partial charge in [0, 0.05) is 0 Å². The summed E-state index contributed by atoms with van der Waals surface area (Å²) in [7, 11) is 0. The zero-order valence-corrected chi connectivity index (χ0v) is 28.9. The van der Waals surface area contributed by atoms with Crippen molar-refractivity contribution in [2.75, 3.05) is 0 Å². The molecule has 1 heterocycles. The Morgan fingerprint density at radius 2 is 0.878 bits per heavy atom. The van der Waals surface area contributed by atoms with Crippen LogP contribution < -0.4 is 37.2 Å². The van der Waals surface area contributed by atoms with E-state index in [9.17, 15) is 0 Å². The Bertz CT molecular complexity index is 1130. The first-order valence-electron chi connectivity index (χ1n) is 14.2. The molecular weight excluding hydrogens is 616 g/mol. The molecule has 3 rings (SSSR count). The van der Waals surface area contributed by atoms with Crippen LogP contribution in [0.3, 0.4) is 0 Å². The molecule has 1 aromatic heterocycles. The fourth-order valence-corrected chi connectivity index (χ4v) is 4.95. The van der Waals surface area contributed by atoms with Crippen LogP contribution in [0, 0.1) is 6.92 Å². The Labute approximate surface area is 278 Å². The first kappa shape index (κ1) is 41.4. The molecule has 41 heavy (non-hydrogen) atoms. The summed E-state index contributed by atoms with van der Waals surface area (Å²) in [5.41, 5.74) is 12.5. The largest absolute Gasteiger partial charge is 3.00 e. The zero-order valence-electron chi connectivity index (χ0n) is 25.6. The molecule has 0 N–H and O–H groups in total. The third-order valence-electron chi connectivity index (χ3n) is 6.75. The van der Waals surface area contributed by atoms with Gasteiger partial charge in [0.25, 0.3) is 0 Å². The van der Waals surface area contributed by atoms with Crippen LogP contribution in [0.15, 0.2) is 58.5 Å². The molecule has 0 aliphatic carbocycles. The number of hydrogen-bond acceptors (Lipinski definition) is 3. The summed E-state index contributed by atoms with van der Waals surface area (Å²) in [5, 5.41) is 0. The maximum absolute atomic E-state index is 5.18. The fourth-order valence-electron chi connectivity index (χ4n) is 4.95. The van der Waals surface area contributed by atoms with Gasteiger partial charge in [-0.25, -0.2) is 4.98 Å². The number of pyridine rings is 1. The number of hydrogen-bond donors (Lipinski definition) is 0. The van der Waals surface area contributed by atoms with Gasteiger partial charge in [0.2, 0.25) is 0 Å². The van der Waals surface area contributed by atoms with Gasteiger partial charge in [0.15, 0.2) is 0 Å². The van der Waals surface area contributed by atoms with E-state index in [2.05, 4.69) is 97.0 Å². The number of halogens is 3. The van der Waals surface area contributed by atoms with Crippen molar-refractivity contribution in [3.8, 4) is 0 Å². The molecule has 0 aliphatic heterocycles. The summed E-state index contributed by atoms with van der Waals surface area (Å²) in [4.78, 5) is 15.4. The van der Waals surface area contributed by atoms with Crippen molar-refractivity contribution in [2.45, 2.75) is 99.8 Å². The van der Waals surface area contributed by atoms with Gasteiger partial charge in [-0.2, -0.15) is 0 Å². The average Bonchev–Trinajstić information content (AvgIpc) is 2.87. The van der Waals surface area contributed by atoms with Crippen LogP contribution in [0.25, 0.3) is 0 Å². The average molecular weight is 661 g/mol. The van der Waals surface area contributed by atoms with E-state index in [1.54, 1.807) is 0 Å². The van der Waals surface area contributed by atoms with Gasteiger partial charge in [-0.05, 0) is 86.4 Å². The smallest absolute Gasteiger partial charge is 1.00 e. The first-order chi connectivity index (χ1) is 17.9. The summed E-state index contributed by atoms with van der Waals surface area (Å²) in [6.45, 7) is 15.2. The van der Waals surface area contributed by atoms with Crippen molar-refractivity contribution in [2.24, 2.45) is 9.98 Å². The van der Waals surface area contributed by atoms with Gasteiger partial charge < -0.3 is 37.2 Å². The molecule has 3 nitrogen and oxygen atoms in total. The van der Waals surface area contributed by atoms with Crippen LogP contribution >= 0.6 is 0 Å². The molecule has 0 spiro atoms. The number of para-hydroxylation sites is 2. The van der Waals surface area contributed by atoms with Crippen LogP contribution in [0.1, 0.15) is 106 Å². The molecule has 0 radical (unpaired) electrons. The SMILES string of the molecule is CCCc1cccc(CCC)c1N=C(C)c1cc(C)cc(C(C)=Nc2c(CCC)cccc2CCC)n1.[Cl-].[Cl-].[Cl-].[Co+3]. The molecule has 0 amide bonds. The van der Waals surface area contributed by atoms with E-state index in [1.807, 2.05) is 0 Å². The van der Waals surface area contributed by atoms with E-state index >= 15 is 0 Å². The molecule has 7 heteroatoms. The zero-order chi connectivity index (χ0) is 26.8.